The molecule has 0 aliphatic heterocycles. The van der Waals surface area contributed by atoms with Crippen molar-refractivity contribution < 1.29 is 86.5 Å². The Labute approximate surface area is 449 Å². The van der Waals surface area contributed by atoms with Gasteiger partial charge >= 0.3 is 17.9 Å². The highest BCUT2D eigenvalue weighted by molar-refractivity contribution is 14.1. The van der Waals surface area contributed by atoms with Crippen LogP contribution >= 0.6 is 38.5 Å². The molecule has 0 heterocycles. The molecular formula is C52H82BrIO18. The lowest BCUT2D eigenvalue weighted by Crippen LogP contribution is -2.11. The van der Waals surface area contributed by atoms with Gasteiger partial charge in [0.1, 0.15) is 33.0 Å². The summed E-state index contributed by atoms with van der Waals surface area (Å²) in [6.45, 7) is 14.9. The molecule has 3 aromatic rings. The fourth-order valence-corrected chi connectivity index (χ4v) is 5.51. The van der Waals surface area contributed by atoms with Gasteiger partial charge in [-0.3, -0.25) is 0 Å². The molecule has 0 aliphatic carbocycles. The van der Waals surface area contributed by atoms with Gasteiger partial charge in [-0.1, -0.05) is 78.1 Å². The summed E-state index contributed by atoms with van der Waals surface area (Å²) in [5.41, 5.74) is 1.10. The molecule has 0 aromatic heterocycles. The number of hydrogen-bond acceptors (Lipinski definition) is 18. The lowest BCUT2D eigenvalue weighted by molar-refractivity contribution is 0.0516. The van der Waals surface area contributed by atoms with Gasteiger partial charge in [-0.25, -0.2) is 14.4 Å². The highest BCUT2D eigenvalue weighted by Gasteiger charge is 2.15. The Morgan fingerprint density at radius 3 is 1.21 bits per heavy atom. The van der Waals surface area contributed by atoms with E-state index >= 15 is 0 Å². The number of unbranched alkanes of at least 4 members (excludes halogenated alkanes) is 4. The Bertz CT molecular complexity index is 1780. The first-order chi connectivity index (χ1) is 35.0. The van der Waals surface area contributed by atoms with Gasteiger partial charge < -0.3 is 72.2 Å². The average molecular weight is 1200 g/mol. The van der Waals surface area contributed by atoms with Crippen molar-refractivity contribution in [3.05, 3.63) is 71.3 Å². The Hall–Kier alpha value is -4.16. The number of aliphatic hydroxyl groups excluding tert-OH is 2. The second-order valence-corrected chi connectivity index (χ2v) is 16.1. The third-order valence-corrected chi connectivity index (χ3v) is 9.61. The van der Waals surface area contributed by atoms with Crippen LogP contribution in [0.4, 0.5) is 0 Å². The molecule has 3 aromatic carbocycles. The molecule has 72 heavy (non-hydrogen) atoms. The van der Waals surface area contributed by atoms with Crippen molar-refractivity contribution in [3.63, 3.8) is 0 Å². The summed E-state index contributed by atoms with van der Waals surface area (Å²) in [4.78, 5) is 34.9. The molecule has 3 N–H and O–H groups in total. The first kappa shape index (κ1) is 69.9. The second kappa shape index (κ2) is 50.4. The number of aromatic hydroxyl groups is 1. The number of esters is 3. The van der Waals surface area contributed by atoms with Gasteiger partial charge in [0.2, 0.25) is 0 Å². The SMILES string of the molecule is CCCCCBr.CCCCCOCCOc1cc(C(=O)OCC)ccc1OCCOC.CCOC(=O)c1ccc(OCCOC)c(O)c1.CCOC(=O)c1ccc(OCCOC)c(OCCO)c1.OCCI. The molecule has 0 bridgehead atoms. The number of aliphatic hydroxyl groups is 2. The van der Waals surface area contributed by atoms with Crippen molar-refractivity contribution in [2.24, 2.45) is 0 Å². The van der Waals surface area contributed by atoms with Gasteiger partial charge in [-0.2, -0.15) is 0 Å². The van der Waals surface area contributed by atoms with E-state index in [1.165, 1.54) is 55.6 Å². The third-order valence-electron chi connectivity index (χ3n) is 8.56. The van der Waals surface area contributed by atoms with E-state index in [0.29, 0.717) is 125 Å². The fourth-order valence-electron chi connectivity index (χ4n) is 5.12. The van der Waals surface area contributed by atoms with E-state index in [4.69, 9.17) is 67.1 Å². The molecule has 0 saturated heterocycles. The van der Waals surface area contributed by atoms with Crippen LogP contribution in [0.3, 0.4) is 0 Å². The van der Waals surface area contributed by atoms with Crippen LogP contribution in [-0.4, -0.2) is 163 Å². The standard InChI is InChI=1S/C19H30O6.C14H20O6.C12H16O5.C5H11Br.C2H5IO/c1-4-6-7-10-22-12-14-25-18-15-16(19(20)23-5-2)8-9-17(18)24-13-11-21-3;1-3-18-14(16)11-4-5-12(20-9-8-17-2)13(10-11)19-7-6-15;1-3-16-12(14)9-4-5-11(10(13)8-9)17-7-6-15-2;1-2-3-4-5-6;3-1-2-4/h8-9,15H,4-7,10-14H2,1-3H3;4-5,10,15H,3,6-9H2,1-2H3;4-5,8,13H,3,6-7H2,1-2H3;2-5H2,1H3;4H,1-2H2. The number of carbonyl (C=O) groups is 3. The minimum absolute atomic E-state index is 0.0911. The molecule has 412 valence electrons. The summed E-state index contributed by atoms with van der Waals surface area (Å²) in [6, 6.07) is 14.2. The van der Waals surface area contributed by atoms with Gasteiger partial charge in [0.15, 0.2) is 34.5 Å². The molecule has 3 rings (SSSR count). The smallest absolute Gasteiger partial charge is 0.338 e. The lowest BCUT2D eigenvalue weighted by Gasteiger charge is -2.14. The Balaban J connectivity index is 0. The molecule has 0 aliphatic rings. The Morgan fingerprint density at radius 2 is 0.847 bits per heavy atom. The number of halogens is 2. The van der Waals surface area contributed by atoms with Gasteiger partial charge in [-0.05, 0) is 88.2 Å². The number of alkyl halides is 2. The van der Waals surface area contributed by atoms with Crippen LogP contribution in [0.5, 0.6) is 34.5 Å². The van der Waals surface area contributed by atoms with E-state index in [2.05, 4.69) is 52.4 Å². The van der Waals surface area contributed by atoms with Crippen molar-refractivity contribution in [2.75, 3.05) is 130 Å². The van der Waals surface area contributed by atoms with Crippen LogP contribution in [0.2, 0.25) is 0 Å². The zero-order valence-electron chi connectivity index (χ0n) is 43.7. The van der Waals surface area contributed by atoms with Crippen LogP contribution in [0.25, 0.3) is 0 Å². The molecule has 18 nitrogen and oxygen atoms in total. The molecular weight excluding hydrogens is 1120 g/mol. The number of methoxy groups -OCH3 is 3. The van der Waals surface area contributed by atoms with Crippen LogP contribution in [-0.2, 0) is 33.2 Å². The number of hydrogen-bond donors (Lipinski definition) is 3. The topological polar surface area (TPSA) is 223 Å². The minimum Gasteiger partial charge on any atom is -0.504 e. The van der Waals surface area contributed by atoms with Crippen LogP contribution in [0, 0.1) is 0 Å². The molecule has 0 radical (unpaired) electrons. The van der Waals surface area contributed by atoms with Crippen LogP contribution in [0.1, 0.15) is 104 Å². The van der Waals surface area contributed by atoms with Crippen molar-refractivity contribution in [1.82, 2.24) is 0 Å². The predicted molar refractivity (Wildman–Crippen MR) is 289 cm³/mol. The van der Waals surface area contributed by atoms with Crippen molar-refractivity contribution in [1.29, 1.82) is 0 Å². The summed E-state index contributed by atoms with van der Waals surface area (Å²) in [5.74, 6) is 0.892. The summed E-state index contributed by atoms with van der Waals surface area (Å²) in [5, 5.41) is 27.5. The number of ether oxygens (including phenoxy) is 12. The lowest BCUT2D eigenvalue weighted by atomic mass is 10.2. The predicted octanol–water partition coefficient (Wildman–Crippen LogP) is 9.31. The number of phenolic OH excluding ortho intramolecular Hbond substituents is 1. The Morgan fingerprint density at radius 1 is 0.472 bits per heavy atom. The van der Waals surface area contributed by atoms with E-state index in [1.807, 2.05) is 0 Å². The number of carbonyl (C=O) groups excluding carboxylic acids is 3. The van der Waals surface area contributed by atoms with E-state index in [-0.39, 0.29) is 24.9 Å². The van der Waals surface area contributed by atoms with Gasteiger partial charge in [0, 0.05) is 37.7 Å². The molecule has 0 atom stereocenters. The largest absolute Gasteiger partial charge is 0.504 e. The van der Waals surface area contributed by atoms with Crippen molar-refractivity contribution in [3.8, 4) is 34.5 Å². The van der Waals surface area contributed by atoms with E-state index in [0.717, 1.165) is 17.5 Å². The molecule has 0 unspecified atom stereocenters. The minimum atomic E-state index is -0.466. The number of rotatable bonds is 33. The monoisotopic (exact) mass is 1200 g/mol. The highest BCUT2D eigenvalue weighted by atomic mass is 127. The maximum atomic E-state index is 11.9. The van der Waals surface area contributed by atoms with Gasteiger partial charge in [0.05, 0.1) is 76.2 Å². The average Bonchev–Trinajstić information content (AvgIpc) is 3.39. The second-order valence-electron chi connectivity index (χ2n) is 14.2. The molecule has 0 spiro atoms. The van der Waals surface area contributed by atoms with Crippen LogP contribution < -0.4 is 23.7 Å². The van der Waals surface area contributed by atoms with Crippen LogP contribution in [0.15, 0.2) is 54.6 Å². The van der Waals surface area contributed by atoms with Crippen molar-refractivity contribution in [2.45, 2.75) is 73.1 Å². The number of benzene rings is 3. The molecule has 0 amide bonds. The maximum Gasteiger partial charge on any atom is 0.338 e. The van der Waals surface area contributed by atoms with Gasteiger partial charge in [0.25, 0.3) is 0 Å². The zero-order valence-corrected chi connectivity index (χ0v) is 47.4. The highest BCUT2D eigenvalue weighted by Crippen LogP contribution is 2.30. The Kier molecular flexibility index (Phi) is 48.9. The number of phenols is 1. The first-order valence-electron chi connectivity index (χ1n) is 24.1. The van der Waals surface area contributed by atoms with Gasteiger partial charge in [-0.15, -0.1) is 0 Å². The summed E-state index contributed by atoms with van der Waals surface area (Å²) in [7, 11) is 4.75. The normalized spacial score (nSPS) is 10.0. The zero-order chi connectivity index (χ0) is 54.0. The summed E-state index contributed by atoms with van der Waals surface area (Å²) >= 11 is 5.45. The van der Waals surface area contributed by atoms with E-state index in [9.17, 15) is 19.5 Å². The molecule has 0 saturated carbocycles. The summed E-state index contributed by atoms with van der Waals surface area (Å²) in [6.07, 6.45) is 7.41. The van der Waals surface area contributed by atoms with E-state index in [1.54, 1.807) is 78.5 Å². The first-order valence-corrected chi connectivity index (χ1v) is 26.8. The molecule has 0 fully saturated rings. The van der Waals surface area contributed by atoms with E-state index < -0.39 is 11.9 Å². The molecule has 20 heteroatoms. The third kappa shape index (κ3) is 35.9. The summed E-state index contributed by atoms with van der Waals surface area (Å²) < 4.78 is 63.3. The van der Waals surface area contributed by atoms with Crippen molar-refractivity contribution >= 4 is 56.4 Å². The quantitative estimate of drug-likeness (QED) is 0.0170. The maximum absolute atomic E-state index is 11.9. The fraction of sp³-hybridized carbons (Fsp3) is 0.596.